The van der Waals surface area contributed by atoms with Crippen LogP contribution < -0.4 is 11.1 Å². The van der Waals surface area contributed by atoms with Crippen molar-refractivity contribution in [3.05, 3.63) is 41.8 Å². The highest BCUT2D eigenvalue weighted by Gasteiger charge is 2.39. The Hall–Kier alpha value is -2.14. The first kappa shape index (κ1) is 17.3. The lowest BCUT2D eigenvalue weighted by atomic mass is 9.67. The zero-order valence-corrected chi connectivity index (χ0v) is 15.3. The van der Waals surface area contributed by atoms with Gasteiger partial charge in [-0.1, -0.05) is 24.6 Å². The average Bonchev–Trinajstić information content (AvgIpc) is 2.97. The molecular formula is C21H27N3O2. The Bertz CT molecular complexity index is 757. The van der Waals surface area contributed by atoms with Gasteiger partial charge in [0.25, 0.3) is 0 Å². The molecule has 5 heteroatoms. The SMILES string of the molecule is Cc1oc(-c2ccccc2)nc1CC(=O)NC1C2CCCC1CC(N)C2. The number of carbonyl (C=O) groups excluding carboxylic acids is 1. The number of benzene rings is 1. The lowest BCUT2D eigenvalue weighted by Crippen LogP contribution is -2.54. The number of hydrogen-bond acceptors (Lipinski definition) is 4. The largest absolute Gasteiger partial charge is 0.441 e. The predicted octanol–water partition coefficient (Wildman–Crippen LogP) is 3.21. The summed E-state index contributed by atoms with van der Waals surface area (Å²) in [6.07, 6.45) is 5.94. The number of oxazole rings is 1. The fourth-order valence-electron chi connectivity index (χ4n) is 4.71. The van der Waals surface area contributed by atoms with Crippen LogP contribution in [-0.4, -0.2) is 23.0 Å². The maximum atomic E-state index is 12.7. The third-order valence-corrected chi connectivity index (χ3v) is 5.95. The molecule has 2 bridgehead atoms. The van der Waals surface area contributed by atoms with E-state index in [1.54, 1.807) is 0 Å². The normalized spacial score (nSPS) is 27.9. The average molecular weight is 353 g/mol. The molecule has 2 saturated carbocycles. The van der Waals surface area contributed by atoms with E-state index in [0.717, 1.165) is 24.1 Å². The highest BCUT2D eigenvalue weighted by atomic mass is 16.4. The zero-order valence-electron chi connectivity index (χ0n) is 15.3. The molecule has 1 amide bonds. The second kappa shape index (κ2) is 7.23. The van der Waals surface area contributed by atoms with Crippen LogP contribution in [0, 0.1) is 18.8 Å². The van der Waals surface area contributed by atoms with E-state index in [4.69, 9.17) is 10.2 Å². The fourth-order valence-corrected chi connectivity index (χ4v) is 4.71. The first-order valence-corrected chi connectivity index (χ1v) is 9.67. The molecule has 138 valence electrons. The van der Waals surface area contributed by atoms with E-state index < -0.39 is 0 Å². The molecule has 0 aliphatic heterocycles. The van der Waals surface area contributed by atoms with Gasteiger partial charge in [0.1, 0.15) is 5.76 Å². The van der Waals surface area contributed by atoms with Crippen molar-refractivity contribution < 1.29 is 9.21 Å². The molecular weight excluding hydrogens is 326 g/mol. The van der Waals surface area contributed by atoms with Gasteiger partial charge in [-0.3, -0.25) is 4.79 Å². The minimum Gasteiger partial charge on any atom is -0.441 e. The lowest BCUT2D eigenvalue weighted by molar-refractivity contribution is -0.122. The number of aromatic nitrogens is 1. The maximum absolute atomic E-state index is 12.7. The van der Waals surface area contributed by atoms with Gasteiger partial charge < -0.3 is 15.5 Å². The number of hydrogen-bond donors (Lipinski definition) is 2. The quantitative estimate of drug-likeness (QED) is 0.884. The number of nitrogens with one attached hydrogen (secondary N) is 1. The molecule has 2 aliphatic rings. The summed E-state index contributed by atoms with van der Waals surface area (Å²) in [6, 6.07) is 10.4. The number of fused-ring (bicyclic) bond motifs is 2. The monoisotopic (exact) mass is 353 g/mol. The second-order valence-electron chi connectivity index (χ2n) is 7.84. The van der Waals surface area contributed by atoms with Crippen LogP contribution in [0.3, 0.4) is 0 Å². The van der Waals surface area contributed by atoms with Crippen molar-refractivity contribution in [1.82, 2.24) is 10.3 Å². The molecule has 2 aliphatic carbocycles. The summed E-state index contributed by atoms with van der Waals surface area (Å²) in [4.78, 5) is 17.2. The van der Waals surface area contributed by atoms with Gasteiger partial charge in [0, 0.05) is 17.6 Å². The van der Waals surface area contributed by atoms with Crippen molar-refractivity contribution in [3.8, 4) is 11.5 Å². The zero-order chi connectivity index (χ0) is 18.1. The molecule has 0 radical (unpaired) electrons. The molecule has 1 aromatic heterocycles. The molecule has 2 fully saturated rings. The smallest absolute Gasteiger partial charge is 0.226 e. The van der Waals surface area contributed by atoms with Gasteiger partial charge in [-0.2, -0.15) is 0 Å². The van der Waals surface area contributed by atoms with Crippen LogP contribution in [0.15, 0.2) is 34.7 Å². The summed E-state index contributed by atoms with van der Waals surface area (Å²) >= 11 is 0. The summed E-state index contributed by atoms with van der Waals surface area (Å²) in [7, 11) is 0. The number of carbonyl (C=O) groups is 1. The summed E-state index contributed by atoms with van der Waals surface area (Å²) in [5.74, 6) is 2.38. The molecule has 2 atom stereocenters. The Balaban J connectivity index is 1.43. The third kappa shape index (κ3) is 3.54. The standard InChI is InChI=1S/C21H27N3O2/c1-13-18(23-21(26-13)14-6-3-2-4-7-14)12-19(25)24-20-15-8-5-9-16(20)11-17(22)10-15/h2-4,6-7,15-17,20H,5,8-12,22H2,1H3,(H,24,25). The fraction of sp³-hybridized carbons (Fsp3) is 0.524. The summed E-state index contributed by atoms with van der Waals surface area (Å²) in [6.45, 7) is 1.87. The first-order chi connectivity index (χ1) is 12.6. The Kier molecular flexibility index (Phi) is 4.81. The number of amides is 1. The number of aryl methyl sites for hydroxylation is 1. The summed E-state index contributed by atoms with van der Waals surface area (Å²) in [5, 5.41) is 3.29. The maximum Gasteiger partial charge on any atom is 0.226 e. The lowest BCUT2D eigenvalue weighted by Gasteiger charge is -2.45. The van der Waals surface area contributed by atoms with Crippen molar-refractivity contribution in [3.63, 3.8) is 0 Å². The van der Waals surface area contributed by atoms with Crippen molar-refractivity contribution in [2.45, 2.75) is 57.5 Å². The van der Waals surface area contributed by atoms with E-state index in [0.29, 0.717) is 29.5 Å². The molecule has 5 nitrogen and oxygen atoms in total. The van der Waals surface area contributed by atoms with Crippen molar-refractivity contribution in [1.29, 1.82) is 0 Å². The van der Waals surface area contributed by atoms with Gasteiger partial charge >= 0.3 is 0 Å². The number of nitrogens with two attached hydrogens (primary N) is 1. The number of nitrogens with zero attached hydrogens (tertiary/aromatic N) is 1. The highest BCUT2D eigenvalue weighted by molar-refractivity contribution is 5.79. The molecule has 0 saturated heterocycles. The Morgan fingerprint density at radius 2 is 1.92 bits per heavy atom. The molecule has 4 rings (SSSR count). The number of rotatable bonds is 4. The van der Waals surface area contributed by atoms with Crippen molar-refractivity contribution >= 4 is 5.91 Å². The van der Waals surface area contributed by atoms with E-state index in [1.165, 1.54) is 19.3 Å². The van der Waals surface area contributed by atoms with E-state index in [2.05, 4.69) is 10.3 Å². The van der Waals surface area contributed by atoms with Crippen LogP contribution in [0.2, 0.25) is 0 Å². The van der Waals surface area contributed by atoms with Crippen LogP contribution >= 0.6 is 0 Å². The molecule has 1 aromatic carbocycles. The van der Waals surface area contributed by atoms with E-state index in [1.807, 2.05) is 37.3 Å². The van der Waals surface area contributed by atoms with Gasteiger partial charge in [0.2, 0.25) is 11.8 Å². The van der Waals surface area contributed by atoms with Gasteiger partial charge in [0.05, 0.1) is 12.1 Å². The Labute approximate surface area is 154 Å². The molecule has 2 unspecified atom stereocenters. The van der Waals surface area contributed by atoms with Gasteiger partial charge in [-0.05, 0) is 56.6 Å². The van der Waals surface area contributed by atoms with E-state index in [-0.39, 0.29) is 18.4 Å². The highest BCUT2D eigenvalue weighted by Crippen LogP contribution is 2.39. The third-order valence-electron chi connectivity index (χ3n) is 5.95. The van der Waals surface area contributed by atoms with Gasteiger partial charge in [-0.25, -0.2) is 4.98 Å². The van der Waals surface area contributed by atoms with Crippen LogP contribution in [0.25, 0.3) is 11.5 Å². The Morgan fingerprint density at radius 1 is 1.23 bits per heavy atom. The van der Waals surface area contributed by atoms with Gasteiger partial charge in [-0.15, -0.1) is 0 Å². The molecule has 3 N–H and O–H groups in total. The minimum atomic E-state index is 0.0402. The van der Waals surface area contributed by atoms with Gasteiger partial charge in [0.15, 0.2) is 0 Å². The topological polar surface area (TPSA) is 81.2 Å². The van der Waals surface area contributed by atoms with Crippen molar-refractivity contribution in [2.24, 2.45) is 17.6 Å². The summed E-state index contributed by atoms with van der Waals surface area (Å²) in [5.41, 5.74) is 7.83. The Morgan fingerprint density at radius 3 is 2.62 bits per heavy atom. The summed E-state index contributed by atoms with van der Waals surface area (Å²) < 4.78 is 5.77. The minimum absolute atomic E-state index is 0.0402. The van der Waals surface area contributed by atoms with Crippen LogP contribution in [0.1, 0.15) is 43.6 Å². The van der Waals surface area contributed by atoms with Crippen LogP contribution in [-0.2, 0) is 11.2 Å². The van der Waals surface area contributed by atoms with E-state index >= 15 is 0 Å². The predicted molar refractivity (Wildman–Crippen MR) is 100 cm³/mol. The van der Waals surface area contributed by atoms with Crippen LogP contribution in [0.4, 0.5) is 0 Å². The first-order valence-electron chi connectivity index (χ1n) is 9.67. The second-order valence-corrected chi connectivity index (χ2v) is 7.84. The molecule has 2 aromatic rings. The van der Waals surface area contributed by atoms with E-state index in [9.17, 15) is 4.79 Å². The molecule has 1 heterocycles. The molecule has 0 spiro atoms. The van der Waals surface area contributed by atoms with Crippen molar-refractivity contribution in [2.75, 3.05) is 0 Å². The molecule has 26 heavy (non-hydrogen) atoms. The van der Waals surface area contributed by atoms with Crippen LogP contribution in [0.5, 0.6) is 0 Å².